The summed E-state index contributed by atoms with van der Waals surface area (Å²) in [5, 5.41) is 0. The molecular formula is C17H22FNO2. The number of likely N-dealkylation sites (tertiary alicyclic amines) is 1. The Labute approximate surface area is 125 Å². The number of carbonyl (C=O) groups excluding carboxylic acids is 1. The number of amides is 1. The Morgan fingerprint density at radius 3 is 2.67 bits per heavy atom. The molecule has 1 unspecified atom stereocenters. The monoisotopic (exact) mass is 291 g/mol. The van der Waals surface area contributed by atoms with Crippen LogP contribution < -0.4 is 0 Å². The zero-order valence-corrected chi connectivity index (χ0v) is 12.9. The third-order valence-corrected chi connectivity index (χ3v) is 3.50. The second kappa shape index (κ2) is 5.88. The van der Waals surface area contributed by atoms with E-state index in [1.165, 1.54) is 6.07 Å². The molecule has 1 saturated heterocycles. The van der Waals surface area contributed by atoms with E-state index in [9.17, 15) is 9.18 Å². The number of halogens is 1. The zero-order valence-electron chi connectivity index (χ0n) is 12.9. The van der Waals surface area contributed by atoms with Gasteiger partial charge in [-0.2, -0.15) is 0 Å². The predicted octanol–water partition coefficient (Wildman–Crippen LogP) is 4.24. The Hall–Kier alpha value is -1.84. The number of benzene rings is 1. The van der Waals surface area contributed by atoms with Crippen LogP contribution in [-0.4, -0.2) is 29.2 Å². The van der Waals surface area contributed by atoms with Gasteiger partial charge in [0.1, 0.15) is 11.4 Å². The smallest absolute Gasteiger partial charge is 0.410 e. The van der Waals surface area contributed by atoms with Crippen molar-refractivity contribution in [1.82, 2.24) is 4.90 Å². The fraction of sp³-hybridized carbons (Fsp3) is 0.471. The molecule has 0 aliphatic carbocycles. The number of nitrogens with zero attached hydrogens (tertiary/aromatic N) is 1. The van der Waals surface area contributed by atoms with Crippen LogP contribution in [0.5, 0.6) is 0 Å². The minimum absolute atomic E-state index is 0.197. The molecule has 2 rings (SSSR count). The first-order chi connectivity index (χ1) is 9.79. The zero-order chi connectivity index (χ0) is 15.6. The second-order valence-corrected chi connectivity index (χ2v) is 6.34. The molecule has 0 N–H and O–H groups in total. The number of hydrogen-bond acceptors (Lipinski definition) is 2. The molecule has 0 aromatic heterocycles. The molecule has 1 heterocycles. The van der Waals surface area contributed by atoms with E-state index >= 15 is 0 Å². The highest BCUT2D eigenvalue weighted by atomic mass is 19.1. The fourth-order valence-corrected chi connectivity index (χ4v) is 2.57. The maximum Gasteiger partial charge on any atom is 0.410 e. The molecule has 1 amide bonds. The normalized spacial score (nSPS) is 18.7. The van der Waals surface area contributed by atoms with Gasteiger partial charge in [-0.3, -0.25) is 0 Å². The van der Waals surface area contributed by atoms with Crippen LogP contribution in [0.4, 0.5) is 9.18 Å². The van der Waals surface area contributed by atoms with Gasteiger partial charge < -0.3 is 9.64 Å². The summed E-state index contributed by atoms with van der Waals surface area (Å²) in [6.45, 7) is 10.1. The average Bonchev–Trinajstić information content (AvgIpc) is 2.85. The molecule has 3 nitrogen and oxygen atoms in total. The largest absolute Gasteiger partial charge is 0.444 e. The third kappa shape index (κ3) is 3.63. The van der Waals surface area contributed by atoms with Crippen LogP contribution in [0.25, 0.3) is 5.57 Å². The van der Waals surface area contributed by atoms with Gasteiger partial charge in [-0.05, 0) is 45.3 Å². The van der Waals surface area contributed by atoms with Crippen LogP contribution in [0.2, 0.25) is 0 Å². The van der Waals surface area contributed by atoms with Gasteiger partial charge in [0.25, 0.3) is 0 Å². The van der Waals surface area contributed by atoms with E-state index in [1.54, 1.807) is 23.1 Å². The van der Waals surface area contributed by atoms with Crippen LogP contribution in [0.15, 0.2) is 30.8 Å². The molecule has 1 atom stereocenters. The van der Waals surface area contributed by atoms with E-state index in [0.717, 1.165) is 12.8 Å². The highest BCUT2D eigenvalue weighted by Crippen LogP contribution is 2.31. The van der Waals surface area contributed by atoms with Gasteiger partial charge in [-0.15, -0.1) is 0 Å². The van der Waals surface area contributed by atoms with Crippen LogP contribution in [-0.2, 0) is 4.74 Å². The van der Waals surface area contributed by atoms with Crippen molar-refractivity contribution < 1.29 is 13.9 Å². The van der Waals surface area contributed by atoms with Gasteiger partial charge in [0.05, 0.1) is 6.04 Å². The average molecular weight is 291 g/mol. The van der Waals surface area contributed by atoms with Gasteiger partial charge in [0, 0.05) is 12.1 Å². The summed E-state index contributed by atoms with van der Waals surface area (Å²) in [7, 11) is 0. The SMILES string of the molecule is C=C(c1ccccc1F)C1CCCN1C(=O)OC(C)(C)C. The van der Waals surface area contributed by atoms with E-state index in [1.807, 2.05) is 20.8 Å². The molecule has 114 valence electrons. The Morgan fingerprint density at radius 1 is 1.38 bits per heavy atom. The predicted molar refractivity (Wildman–Crippen MR) is 81.4 cm³/mol. The van der Waals surface area contributed by atoms with Crippen molar-refractivity contribution in [3.8, 4) is 0 Å². The Balaban J connectivity index is 2.17. The first kappa shape index (κ1) is 15.5. The van der Waals surface area contributed by atoms with Gasteiger partial charge >= 0.3 is 6.09 Å². The lowest BCUT2D eigenvalue weighted by Gasteiger charge is -2.29. The molecule has 1 aliphatic rings. The van der Waals surface area contributed by atoms with Gasteiger partial charge in [0.15, 0.2) is 0 Å². The van der Waals surface area contributed by atoms with Crippen molar-refractivity contribution in [2.24, 2.45) is 0 Å². The summed E-state index contributed by atoms with van der Waals surface area (Å²) in [5.74, 6) is -0.307. The lowest BCUT2D eigenvalue weighted by Crippen LogP contribution is -2.40. The highest BCUT2D eigenvalue weighted by Gasteiger charge is 2.34. The summed E-state index contributed by atoms with van der Waals surface area (Å²) in [5.41, 5.74) is 0.568. The standard InChI is InChI=1S/C17H22FNO2/c1-12(13-8-5-6-9-14(13)18)15-10-7-11-19(15)16(20)21-17(2,3)4/h5-6,8-9,15H,1,7,10-11H2,2-4H3. The molecule has 0 bridgehead atoms. The topological polar surface area (TPSA) is 29.5 Å². The van der Waals surface area contributed by atoms with Gasteiger partial charge in [0.2, 0.25) is 0 Å². The van der Waals surface area contributed by atoms with E-state index in [-0.39, 0.29) is 18.0 Å². The fourth-order valence-electron chi connectivity index (χ4n) is 2.57. The molecule has 21 heavy (non-hydrogen) atoms. The van der Waals surface area contributed by atoms with Crippen molar-refractivity contribution in [2.45, 2.75) is 45.3 Å². The van der Waals surface area contributed by atoms with E-state index in [4.69, 9.17) is 4.74 Å². The molecule has 1 aromatic rings. The lowest BCUT2D eigenvalue weighted by molar-refractivity contribution is 0.0261. The van der Waals surface area contributed by atoms with Crippen molar-refractivity contribution in [2.75, 3.05) is 6.54 Å². The van der Waals surface area contributed by atoms with Crippen LogP contribution >= 0.6 is 0 Å². The quantitative estimate of drug-likeness (QED) is 0.815. The lowest BCUT2D eigenvalue weighted by atomic mass is 9.98. The van der Waals surface area contributed by atoms with Gasteiger partial charge in [-0.1, -0.05) is 24.8 Å². The Kier molecular flexibility index (Phi) is 4.35. The molecular weight excluding hydrogens is 269 g/mol. The molecule has 0 radical (unpaired) electrons. The summed E-state index contributed by atoms with van der Waals surface area (Å²) in [6.07, 6.45) is 1.30. The van der Waals surface area contributed by atoms with E-state index in [2.05, 4.69) is 6.58 Å². The van der Waals surface area contributed by atoms with Gasteiger partial charge in [-0.25, -0.2) is 9.18 Å². The number of carbonyl (C=O) groups is 1. The first-order valence-electron chi connectivity index (χ1n) is 7.23. The van der Waals surface area contributed by atoms with Crippen LogP contribution in [0.1, 0.15) is 39.2 Å². The molecule has 1 aromatic carbocycles. The molecule has 1 fully saturated rings. The molecule has 0 saturated carbocycles. The maximum atomic E-state index is 13.9. The second-order valence-electron chi connectivity index (χ2n) is 6.34. The van der Waals surface area contributed by atoms with Crippen molar-refractivity contribution in [3.05, 3.63) is 42.2 Å². The van der Waals surface area contributed by atoms with Crippen LogP contribution in [0, 0.1) is 5.82 Å². The third-order valence-electron chi connectivity index (χ3n) is 3.50. The number of ether oxygens (including phenoxy) is 1. The van der Waals surface area contributed by atoms with E-state index in [0.29, 0.717) is 17.7 Å². The van der Waals surface area contributed by atoms with Crippen molar-refractivity contribution in [3.63, 3.8) is 0 Å². The number of rotatable bonds is 2. The maximum absolute atomic E-state index is 13.9. The van der Waals surface area contributed by atoms with Crippen molar-refractivity contribution >= 4 is 11.7 Å². The van der Waals surface area contributed by atoms with E-state index < -0.39 is 5.60 Å². The highest BCUT2D eigenvalue weighted by molar-refractivity contribution is 5.76. The van der Waals surface area contributed by atoms with Crippen molar-refractivity contribution in [1.29, 1.82) is 0 Å². The summed E-state index contributed by atoms with van der Waals surface area (Å²) >= 11 is 0. The first-order valence-corrected chi connectivity index (χ1v) is 7.23. The molecule has 1 aliphatic heterocycles. The number of hydrogen-bond donors (Lipinski definition) is 0. The minimum atomic E-state index is -0.538. The van der Waals surface area contributed by atoms with Crippen LogP contribution in [0.3, 0.4) is 0 Å². The molecule has 0 spiro atoms. The minimum Gasteiger partial charge on any atom is -0.444 e. The Morgan fingerprint density at radius 2 is 2.05 bits per heavy atom. The summed E-state index contributed by atoms with van der Waals surface area (Å²) in [6, 6.07) is 6.33. The summed E-state index contributed by atoms with van der Waals surface area (Å²) < 4.78 is 19.3. The molecule has 4 heteroatoms. The Bertz CT molecular complexity index is 548. The summed E-state index contributed by atoms with van der Waals surface area (Å²) in [4.78, 5) is 13.9.